The third-order valence-electron chi connectivity index (χ3n) is 1.94. The van der Waals surface area contributed by atoms with E-state index in [9.17, 15) is 8.42 Å². The van der Waals surface area contributed by atoms with Crippen molar-refractivity contribution >= 4 is 21.4 Å². The second kappa shape index (κ2) is 5.77. The van der Waals surface area contributed by atoms with Gasteiger partial charge in [-0.15, -0.1) is 11.3 Å². The number of aliphatic hydroxyl groups excluding tert-OH is 1. The molecular formula is C10H17NO3S2. The van der Waals surface area contributed by atoms with Crippen molar-refractivity contribution in [3.05, 3.63) is 17.0 Å². The molecule has 0 amide bonds. The average molecular weight is 263 g/mol. The molecular weight excluding hydrogens is 246 g/mol. The summed E-state index contributed by atoms with van der Waals surface area (Å²) in [6, 6.07) is 3.32. The second-order valence-corrected chi connectivity index (χ2v) is 7.10. The zero-order chi connectivity index (χ0) is 12.2. The number of rotatable bonds is 6. The van der Waals surface area contributed by atoms with Crippen molar-refractivity contribution in [1.29, 1.82) is 0 Å². The molecule has 92 valence electrons. The quantitative estimate of drug-likeness (QED) is 0.811. The van der Waals surface area contributed by atoms with E-state index < -0.39 is 10.0 Å². The summed E-state index contributed by atoms with van der Waals surface area (Å²) in [6.45, 7) is 4.39. The lowest BCUT2D eigenvalue weighted by atomic mass is 10.2. The highest BCUT2D eigenvalue weighted by atomic mass is 32.2. The lowest BCUT2D eigenvalue weighted by molar-refractivity contribution is 0.300. The molecule has 1 rings (SSSR count). The van der Waals surface area contributed by atoms with Gasteiger partial charge in [0.05, 0.1) is 0 Å². The fourth-order valence-electron chi connectivity index (χ4n) is 1.09. The van der Waals surface area contributed by atoms with Gasteiger partial charge in [0.2, 0.25) is 10.0 Å². The van der Waals surface area contributed by atoms with E-state index in [0.717, 1.165) is 4.88 Å². The molecule has 0 aliphatic carbocycles. The van der Waals surface area contributed by atoms with Gasteiger partial charge in [-0.2, -0.15) is 0 Å². The van der Waals surface area contributed by atoms with Crippen LogP contribution in [-0.2, 0) is 16.4 Å². The Morgan fingerprint density at radius 3 is 2.69 bits per heavy atom. The molecule has 1 aromatic rings. The van der Waals surface area contributed by atoms with Crippen LogP contribution in [0.25, 0.3) is 0 Å². The van der Waals surface area contributed by atoms with Gasteiger partial charge in [-0.1, -0.05) is 13.8 Å². The normalized spacial score (nSPS) is 12.2. The van der Waals surface area contributed by atoms with Crippen LogP contribution in [0.15, 0.2) is 16.3 Å². The largest absolute Gasteiger partial charge is 0.396 e. The molecule has 0 saturated carbocycles. The Morgan fingerprint density at radius 1 is 1.44 bits per heavy atom. The van der Waals surface area contributed by atoms with Gasteiger partial charge in [-0.3, -0.25) is 0 Å². The van der Waals surface area contributed by atoms with Gasteiger partial charge < -0.3 is 5.11 Å². The number of aliphatic hydroxyl groups is 1. The Hall–Kier alpha value is -0.430. The van der Waals surface area contributed by atoms with Gasteiger partial charge in [0, 0.05) is 24.4 Å². The molecule has 4 nitrogen and oxygen atoms in total. The zero-order valence-electron chi connectivity index (χ0n) is 9.43. The molecule has 0 bridgehead atoms. The molecule has 0 radical (unpaired) electrons. The van der Waals surface area contributed by atoms with Crippen molar-refractivity contribution < 1.29 is 13.5 Å². The standard InChI is InChI=1S/C10H17NO3S2/c1-8(2)7-11-16(13,14)10-4-3-9(15-10)5-6-12/h3-4,8,11-12H,5-7H2,1-2H3. The van der Waals surface area contributed by atoms with Crippen LogP contribution in [0, 0.1) is 5.92 Å². The van der Waals surface area contributed by atoms with Crippen molar-refractivity contribution in [3.8, 4) is 0 Å². The highest BCUT2D eigenvalue weighted by Gasteiger charge is 2.16. The summed E-state index contributed by atoms with van der Waals surface area (Å²) >= 11 is 1.21. The van der Waals surface area contributed by atoms with Gasteiger partial charge in [-0.25, -0.2) is 13.1 Å². The molecule has 0 saturated heterocycles. The first kappa shape index (κ1) is 13.6. The minimum absolute atomic E-state index is 0.0411. The lowest BCUT2D eigenvalue weighted by Crippen LogP contribution is -2.26. The minimum Gasteiger partial charge on any atom is -0.396 e. The summed E-state index contributed by atoms with van der Waals surface area (Å²) in [6.07, 6.45) is 0.504. The van der Waals surface area contributed by atoms with E-state index >= 15 is 0 Å². The van der Waals surface area contributed by atoms with E-state index in [4.69, 9.17) is 5.11 Å². The van der Waals surface area contributed by atoms with Crippen LogP contribution in [0.3, 0.4) is 0 Å². The topological polar surface area (TPSA) is 66.4 Å². The monoisotopic (exact) mass is 263 g/mol. The predicted molar refractivity (Wildman–Crippen MR) is 65.1 cm³/mol. The Kier molecular flexibility index (Phi) is 4.91. The van der Waals surface area contributed by atoms with Gasteiger partial charge in [0.25, 0.3) is 0 Å². The molecule has 16 heavy (non-hydrogen) atoms. The molecule has 1 aromatic heterocycles. The van der Waals surface area contributed by atoms with Crippen molar-refractivity contribution in [1.82, 2.24) is 4.72 Å². The number of sulfonamides is 1. The smallest absolute Gasteiger partial charge is 0.250 e. The zero-order valence-corrected chi connectivity index (χ0v) is 11.1. The third-order valence-corrected chi connectivity index (χ3v) is 5.00. The molecule has 6 heteroatoms. The fourth-order valence-corrected chi connectivity index (χ4v) is 3.70. The molecule has 0 spiro atoms. The van der Waals surface area contributed by atoms with Gasteiger partial charge in [0.15, 0.2) is 0 Å². The summed E-state index contributed by atoms with van der Waals surface area (Å²) in [5.41, 5.74) is 0. The molecule has 0 unspecified atom stereocenters. The second-order valence-electron chi connectivity index (χ2n) is 3.94. The van der Waals surface area contributed by atoms with Gasteiger partial charge in [-0.05, 0) is 18.1 Å². The molecule has 0 fully saturated rings. The molecule has 0 aliphatic heterocycles. The summed E-state index contributed by atoms with van der Waals surface area (Å²) in [7, 11) is -3.37. The maximum absolute atomic E-state index is 11.8. The van der Waals surface area contributed by atoms with Crippen molar-refractivity contribution in [2.45, 2.75) is 24.5 Å². The fraction of sp³-hybridized carbons (Fsp3) is 0.600. The number of hydrogen-bond acceptors (Lipinski definition) is 4. The van der Waals surface area contributed by atoms with Crippen LogP contribution in [0.5, 0.6) is 0 Å². The summed E-state index contributed by atoms with van der Waals surface area (Å²) in [5, 5.41) is 8.75. The molecule has 0 atom stereocenters. The van der Waals surface area contributed by atoms with E-state index in [1.54, 1.807) is 12.1 Å². The summed E-state index contributed by atoms with van der Waals surface area (Å²) < 4.78 is 26.4. The number of nitrogens with one attached hydrogen (secondary N) is 1. The lowest BCUT2D eigenvalue weighted by Gasteiger charge is -2.06. The predicted octanol–water partition coefficient (Wildman–Crippen LogP) is 1.22. The molecule has 0 aromatic carbocycles. The van der Waals surface area contributed by atoms with Gasteiger partial charge >= 0.3 is 0 Å². The third kappa shape index (κ3) is 3.86. The van der Waals surface area contributed by atoms with Crippen LogP contribution in [0.4, 0.5) is 0 Å². The van der Waals surface area contributed by atoms with Crippen LogP contribution < -0.4 is 4.72 Å². The SMILES string of the molecule is CC(C)CNS(=O)(=O)c1ccc(CCO)s1. The minimum atomic E-state index is -3.37. The first-order valence-corrected chi connectivity index (χ1v) is 7.45. The van der Waals surface area contributed by atoms with Crippen LogP contribution in [0.2, 0.25) is 0 Å². The number of hydrogen-bond donors (Lipinski definition) is 2. The maximum atomic E-state index is 11.8. The Bertz CT molecular complexity index is 423. The van der Waals surface area contributed by atoms with E-state index in [0.29, 0.717) is 17.2 Å². The Labute approximate surface area is 100 Å². The Balaban J connectivity index is 2.74. The molecule has 0 aliphatic rings. The number of thiophene rings is 1. The highest BCUT2D eigenvalue weighted by Crippen LogP contribution is 2.21. The van der Waals surface area contributed by atoms with Gasteiger partial charge in [0.1, 0.15) is 4.21 Å². The van der Waals surface area contributed by atoms with Crippen LogP contribution >= 0.6 is 11.3 Å². The molecule has 1 heterocycles. The van der Waals surface area contributed by atoms with Crippen molar-refractivity contribution in [2.24, 2.45) is 5.92 Å². The molecule has 2 N–H and O–H groups in total. The van der Waals surface area contributed by atoms with Crippen LogP contribution in [-0.4, -0.2) is 26.7 Å². The average Bonchev–Trinajstić information content (AvgIpc) is 2.65. The van der Waals surface area contributed by atoms with E-state index in [1.165, 1.54) is 11.3 Å². The van der Waals surface area contributed by atoms with Crippen LogP contribution in [0.1, 0.15) is 18.7 Å². The first-order chi connectivity index (χ1) is 7.45. The summed E-state index contributed by atoms with van der Waals surface area (Å²) in [4.78, 5) is 0.882. The Morgan fingerprint density at radius 2 is 2.12 bits per heavy atom. The van der Waals surface area contributed by atoms with E-state index in [2.05, 4.69) is 4.72 Å². The van der Waals surface area contributed by atoms with Crippen molar-refractivity contribution in [2.75, 3.05) is 13.2 Å². The maximum Gasteiger partial charge on any atom is 0.250 e. The van der Waals surface area contributed by atoms with E-state index in [1.807, 2.05) is 13.8 Å². The highest BCUT2D eigenvalue weighted by molar-refractivity contribution is 7.91. The summed E-state index contributed by atoms with van der Waals surface area (Å²) in [5.74, 6) is 0.284. The van der Waals surface area contributed by atoms with E-state index in [-0.39, 0.29) is 12.5 Å². The van der Waals surface area contributed by atoms with Crippen molar-refractivity contribution in [3.63, 3.8) is 0 Å². The first-order valence-electron chi connectivity index (χ1n) is 5.15.